The second-order valence-electron chi connectivity index (χ2n) is 5.87. The van der Waals surface area contributed by atoms with E-state index in [-0.39, 0.29) is 11.6 Å². The fourth-order valence-corrected chi connectivity index (χ4v) is 2.49. The van der Waals surface area contributed by atoms with Crippen LogP contribution >= 0.6 is 0 Å². The quantitative estimate of drug-likeness (QED) is 0.620. The molecule has 0 aliphatic heterocycles. The van der Waals surface area contributed by atoms with Crippen LogP contribution < -0.4 is 20.1 Å². The van der Waals surface area contributed by atoms with Gasteiger partial charge in [-0.1, -0.05) is 6.07 Å². The van der Waals surface area contributed by atoms with Gasteiger partial charge in [0.15, 0.2) is 11.5 Å². The molecular formula is C20H21N5O3. The zero-order chi connectivity index (χ0) is 19.8. The summed E-state index contributed by atoms with van der Waals surface area (Å²) in [5, 5.41) is 5.97. The molecule has 0 unspecified atom stereocenters. The van der Waals surface area contributed by atoms with Gasteiger partial charge in [0.1, 0.15) is 11.5 Å². The molecule has 3 aromatic rings. The molecule has 0 spiro atoms. The van der Waals surface area contributed by atoms with Crippen LogP contribution in [0.15, 0.2) is 55.1 Å². The number of amides is 1. The van der Waals surface area contributed by atoms with Crippen molar-refractivity contribution in [3.05, 3.63) is 71.9 Å². The van der Waals surface area contributed by atoms with Gasteiger partial charge >= 0.3 is 0 Å². The van der Waals surface area contributed by atoms with Crippen LogP contribution in [0.3, 0.4) is 0 Å². The number of ether oxygens (including phenoxy) is 2. The Hall–Kier alpha value is -3.68. The molecule has 2 N–H and O–H groups in total. The molecule has 144 valence electrons. The molecule has 0 aliphatic rings. The minimum absolute atomic E-state index is 0.255. The van der Waals surface area contributed by atoms with Gasteiger partial charge in [-0.25, -0.2) is 9.97 Å². The number of benzene rings is 1. The highest BCUT2D eigenvalue weighted by Gasteiger charge is 2.08. The summed E-state index contributed by atoms with van der Waals surface area (Å²) in [6.07, 6.45) is 6.33. The molecule has 0 radical (unpaired) electrons. The fraction of sp³-hybridized carbons (Fsp3) is 0.200. The van der Waals surface area contributed by atoms with Gasteiger partial charge < -0.3 is 20.1 Å². The first-order valence-electron chi connectivity index (χ1n) is 8.63. The van der Waals surface area contributed by atoms with Crippen molar-refractivity contribution >= 4 is 11.7 Å². The highest BCUT2D eigenvalue weighted by Crippen LogP contribution is 2.27. The number of pyridine rings is 1. The van der Waals surface area contributed by atoms with Crippen LogP contribution in [0.2, 0.25) is 0 Å². The average Bonchev–Trinajstić information content (AvgIpc) is 2.76. The summed E-state index contributed by atoms with van der Waals surface area (Å²) in [5.74, 6) is 1.62. The SMILES string of the molecule is COc1ccc(CNc2cnc(C(=O)NCc3ccncc3)cn2)cc1OC. The van der Waals surface area contributed by atoms with Gasteiger partial charge in [0.2, 0.25) is 0 Å². The molecule has 3 rings (SSSR count). The molecule has 8 nitrogen and oxygen atoms in total. The molecule has 0 bridgehead atoms. The van der Waals surface area contributed by atoms with E-state index in [2.05, 4.69) is 25.6 Å². The first-order valence-corrected chi connectivity index (χ1v) is 8.63. The maximum atomic E-state index is 12.2. The van der Waals surface area contributed by atoms with Crippen molar-refractivity contribution in [2.24, 2.45) is 0 Å². The van der Waals surface area contributed by atoms with Crippen LogP contribution in [0, 0.1) is 0 Å². The number of carbonyl (C=O) groups excluding carboxylic acids is 1. The second kappa shape index (κ2) is 9.31. The Kier molecular flexibility index (Phi) is 6.35. The van der Waals surface area contributed by atoms with Crippen molar-refractivity contribution in [2.75, 3.05) is 19.5 Å². The van der Waals surface area contributed by atoms with E-state index in [1.165, 1.54) is 12.4 Å². The molecule has 0 saturated carbocycles. The summed E-state index contributed by atoms with van der Waals surface area (Å²) in [7, 11) is 3.19. The summed E-state index contributed by atoms with van der Waals surface area (Å²) >= 11 is 0. The summed E-state index contributed by atoms with van der Waals surface area (Å²) in [6, 6.07) is 9.35. The first-order chi connectivity index (χ1) is 13.7. The van der Waals surface area contributed by atoms with Crippen molar-refractivity contribution < 1.29 is 14.3 Å². The van der Waals surface area contributed by atoms with Crippen LogP contribution in [-0.2, 0) is 13.1 Å². The largest absolute Gasteiger partial charge is 0.493 e. The summed E-state index contributed by atoms with van der Waals surface area (Å²) in [4.78, 5) is 24.5. The number of nitrogens with zero attached hydrogens (tertiary/aromatic N) is 3. The molecule has 2 aromatic heterocycles. The molecule has 0 saturated heterocycles. The van der Waals surface area contributed by atoms with Gasteiger partial charge in [-0.15, -0.1) is 0 Å². The maximum absolute atomic E-state index is 12.2. The average molecular weight is 379 g/mol. The van der Waals surface area contributed by atoms with E-state index in [0.717, 1.165) is 11.1 Å². The zero-order valence-electron chi connectivity index (χ0n) is 15.7. The third-order valence-corrected chi connectivity index (χ3v) is 4.01. The second-order valence-corrected chi connectivity index (χ2v) is 5.87. The number of nitrogens with one attached hydrogen (secondary N) is 2. The predicted molar refractivity (Wildman–Crippen MR) is 104 cm³/mol. The lowest BCUT2D eigenvalue weighted by atomic mass is 10.2. The Labute approximate surface area is 163 Å². The van der Waals surface area contributed by atoms with Crippen LogP contribution in [0.1, 0.15) is 21.6 Å². The van der Waals surface area contributed by atoms with Crippen molar-refractivity contribution in [1.29, 1.82) is 0 Å². The lowest BCUT2D eigenvalue weighted by Crippen LogP contribution is -2.24. The Morgan fingerprint density at radius 1 is 0.929 bits per heavy atom. The van der Waals surface area contributed by atoms with Crippen molar-refractivity contribution in [3.8, 4) is 11.5 Å². The summed E-state index contributed by atoms with van der Waals surface area (Å²) in [5.41, 5.74) is 2.22. The monoisotopic (exact) mass is 379 g/mol. The minimum Gasteiger partial charge on any atom is -0.493 e. The molecule has 8 heteroatoms. The van der Waals surface area contributed by atoms with E-state index < -0.39 is 0 Å². The Balaban J connectivity index is 1.55. The zero-order valence-corrected chi connectivity index (χ0v) is 15.7. The van der Waals surface area contributed by atoms with E-state index in [0.29, 0.717) is 30.4 Å². The standard InChI is InChI=1S/C20H21N5O3/c1-27-17-4-3-15(9-18(17)28-2)11-23-19-13-22-16(12-24-19)20(26)25-10-14-5-7-21-8-6-14/h3-9,12-13H,10-11H2,1-2H3,(H,23,24)(H,25,26). The van der Waals surface area contributed by atoms with E-state index in [4.69, 9.17) is 9.47 Å². The normalized spacial score (nSPS) is 10.2. The Bertz CT molecular complexity index is 917. The number of carbonyl (C=O) groups is 1. The summed E-state index contributed by atoms with van der Waals surface area (Å²) < 4.78 is 10.5. The van der Waals surface area contributed by atoms with E-state index in [1.54, 1.807) is 26.6 Å². The topological polar surface area (TPSA) is 98.3 Å². The van der Waals surface area contributed by atoms with E-state index in [9.17, 15) is 4.79 Å². The highest BCUT2D eigenvalue weighted by atomic mass is 16.5. The number of aromatic nitrogens is 3. The van der Waals surface area contributed by atoms with Gasteiger partial charge in [0, 0.05) is 25.5 Å². The highest BCUT2D eigenvalue weighted by molar-refractivity contribution is 5.91. The maximum Gasteiger partial charge on any atom is 0.271 e. The number of methoxy groups -OCH3 is 2. The van der Waals surface area contributed by atoms with Gasteiger partial charge in [-0.05, 0) is 35.4 Å². The van der Waals surface area contributed by atoms with Crippen LogP contribution in [0.4, 0.5) is 5.82 Å². The summed E-state index contributed by atoms with van der Waals surface area (Å²) in [6.45, 7) is 0.935. The lowest BCUT2D eigenvalue weighted by molar-refractivity contribution is 0.0945. The van der Waals surface area contributed by atoms with Crippen LogP contribution in [0.25, 0.3) is 0 Å². The van der Waals surface area contributed by atoms with Crippen molar-refractivity contribution in [2.45, 2.75) is 13.1 Å². The number of anilines is 1. The molecule has 1 aromatic carbocycles. The van der Waals surface area contributed by atoms with Crippen molar-refractivity contribution in [3.63, 3.8) is 0 Å². The van der Waals surface area contributed by atoms with Crippen LogP contribution in [-0.4, -0.2) is 35.1 Å². The smallest absolute Gasteiger partial charge is 0.271 e. The molecule has 0 fully saturated rings. The molecular weight excluding hydrogens is 358 g/mol. The first kappa shape index (κ1) is 19.1. The number of hydrogen-bond donors (Lipinski definition) is 2. The van der Waals surface area contributed by atoms with E-state index in [1.807, 2.05) is 30.3 Å². The van der Waals surface area contributed by atoms with Gasteiger partial charge in [-0.3, -0.25) is 9.78 Å². The molecule has 1 amide bonds. The third-order valence-electron chi connectivity index (χ3n) is 4.01. The van der Waals surface area contributed by atoms with E-state index >= 15 is 0 Å². The fourth-order valence-electron chi connectivity index (χ4n) is 2.49. The molecule has 28 heavy (non-hydrogen) atoms. The van der Waals surface area contributed by atoms with Crippen LogP contribution in [0.5, 0.6) is 11.5 Å². The molecule has 0 aliphatic carbocycles. The van der Waals surface area contributed by atoms with Gasteiger partial charge in [0.25, 0.3) is 5.91 Å². The molecule has 2 heterocycles. The number of hydrogen-bond acceptors (Lipinski definition) is 7. The minimum atomic E-state index is -0.282. The van der Waals surface area contributed by atoms with Crippen molar-refractivity contribution in [1.82, 2.24) is 20.3 Å². The Morgan fingerprint density at radius 2 is 1.71 bits per heavy atom. The van der Waals surface area contributed by atoms with Gasteiger partial charge in [-0.2, -0.15) is 0 Å². The Morgan fingerprint density at radius 3 is 2.39 bits per heavy atom. The third kappa shape index (κ3) is 4.94. The lowest BCUT2D eigenvalue weighted by Gasteiger charge is -2.10. The predicted octanol–water partition coefficient (Wildman–Crippen LogP) is 2.43. The molecule has 0 atom stereocenters. The number of rotatable bonds is 8. The van der Waals surface area contributed by atoms with Gasteiger partial charge in [0.05, 0.1) is 26.6 Å².